The first-order chi connectivity index (χ1) is 17.0. The van der Waals surface area contributed by atoms with Crippen LogP contribution in [0.5, 0.6) is 0 Å². The van der Waals surface area contributed by atoms with Gasteiger partial charge in [-0.05, 0) is 85.2 Å². The molecule has 2 aliphatic heterocycles. The van der Waals surface area contributed by atoms with Crippen LogP contribution in [0.1, 0.15) is 53.9 Å². The van der Waals surface area contributed by atoms with Crippen LogP contribution in [-0.4, -0.2) is 43.9 Å². The van der Waals surface area contributed by atoms with Crippen LogP contribution in [0.4, 0.5) is 5.69 Å². The molecule has 0 amide bonds. The number of aromatic amines is 1. The fourth-order valence-corrected chi connectivity index (χ4v) is 5.82. The van der Waals surface area contributed by atoms with Crippen LogP contribution in [0.25, 0.3) is 10.9 Å². The molecule has 1 saturated heterocycles. The van der Waals surface area contributed by atoms with Crippen molar-refractivity contribution in [3.8, 4) is 0 Å². The number of rotatable bonds is 5. The Morgan fingerprint density at radius 3 is 2.89 bits per heavy atom. The zero-order valence-corrected chi connectivity index (χ0v) is 20.4. The molecule has 35 heavy (non-hydrogen) atoms. The third-order valence-corrected chi connectivity index (χ3v) is 7.36. The van der Waals surface area contributed by atoms with Gasteiger partial charge in [0.05, 0.1) is 18.2 Å². The van der Waals surface area contributed by atoms with Crippen LogP contribution < -0.4 is 10.5 Å². The molecule has 0 aliphatic carbocycles. The van der Waals surface area contributed by atoms with Gasteiger partial charge in [0.2, 0.25) is 0 Å². The summed E-state index contributed by atoms with van der Waals surface area (Å²) in [5.74, 6) is 0.665. The number of ether oxygens (including phenoxy) is 1. The Labute approximate surface area is 203 Å². The molecule has 0 bridgehead atoms. The molecule has 8 heteroatoms. The first kappa shape index (κ1) is 22.0. The average Bonchev–Trinajstić information content (AvgIpc) is 3.57. The van der Waals surface area contributed by atoms with Gasteiger partial charge in [0.15, 0.2) is 5.82 Å². The summed E-state index contributed by atoms with van der Waals surface area (Å²) < 4.78 is 7.71. The van der Waals surface area contributed by atoms with E-state index in [1.165, 1.54) is 5.56 Å². The van der Waals surface area contributed by atoms with E-state index < -0.39 is 6.04 Å². The van der Waals surface area contributed by atoms with Crippen molar-refractivity contribution in [1.82, 2.24) is 25.2 Å². The van der Waals surface area contributed by atoms with E-state index in [0.717, 1.165) is 53.6 Å². The summed E-state index contributed by atoms with van der Waals surface area (Å²) in [6.45, 7) is 7.65. The van der Waals surface area contributed by atoms with E-state index >= 15 is 0 Å². The monoisotopic (exact) mass is 470 g/mol. The number of tetrazole rings is 1. The average molecular weight is 471 g/mol. The number of para-hydroxylation sites is 1. The van der Waals surface area contributed by atoms with Crippen LogP contribution in [0.3, 0.4) is 0 Å². The Morgan fingerprint density at radius 2 is 2.06 bits per heavy atom. The fraction of sp³-hybridized carbons (Fsp3) is 0.407. The van der Waals surface area contributed by atoms with Gasteiger partial charge >= 0.3 is 0 Å². The van der Waals surface area contributed by atoms with E-state index in [9.17, 15) is 4.79 Å². The predicted molar refractivity (Wildman–Crippen MR) is 135 cm³/mol. The number of nitrogens with zero attached hydrogens (tertiary/aromatic N) is 5. The Hall–Kier alpha value is -3.52. The number of anilines is 1. The molecule has 4 aromatic rings. The highest BCUT2D eigenvalue weighted by atomic mass is 16.5. The van der Waals surface area contributed by atoms with E-state index in [2.05, 4.69) is 69.6 Å². The second-order valence-corrected chi connectivity index (χ2v) is 9.95. The Kier molecular flexibility index (Phi) is 5.40. The van der Waals surface area contributed by atoms with Crippen molar-refractivity contribution in [2.24, 2.45) is 0 Å². The van der Waals surface area contributed by atoms with Crippen LogP contribution in [0.2, 0.25) is 0 Å². The van der Waals surface area contributed by atoms with E-state index in [0.29, 0.717) is 17.9 Å². The van der Waals surface area contributed by atoms with Crippen molar-refractivity contribution in [3.05, 3.63) is 80.9 Å². The third kappa shape index (κ3) is 3.82. The fourth-order valence-electron chi connectivity index (χ4n) is 5.82. The second kappa shape index (κ2) is 8.61. The number of aromatic nitrogens is 5. The van der Waals surface area contributed by atoms with E-state index in [-0.39, 0.29) is 17.7 Å². The Morgan fingerprint density at radius 1 is 1.20 bits per heavy atom. The molecule has 2 aromatic heterocycles. The highest BCUT2D eigenvalue weighted by Gasteiger charge is 2.38. The van der Waals surface area contributed by atoms with Gasteiger partial charge in [-0.25, -0.2) is 4.68 Å². The standard InChI is InChI=1S/C27H30N6O2/c1-16-11-17(2)24-20(12-16)14-22(27(34)28-24)25(33-18(3)13-19-7-4-5-9-23(19)33)26-29-30-31-32(26)15-21-8-6-10-35-21/h4-5,7,9,11-12,14,18,21,25H,6,8,10,13,15H2,1-3H3,(H,28,34)/t18-,21+,25-/m0/s1. The van der Waals surface area contributed by atoms with Gasteiger partial charge < -0.3 is 14.6 Å². The molecule has 3 atom stereocenters. The molecule has 180 valence electrons. The van der Waals surface area contributed by atoms with Crippen molar-refractivity contribution in [2.45, 2.75) is 64.8 Å². The number of nitrogens with one attached hydrogen (secondary N) is 1. The normalized spacial score (nSPS) is 20.5. The van der Waals surface area contributed by atoms with Gasteiger partial charge in [-0.15, -0.1) is 5.10 Å². The molecule has 2 aliphatic rings. The summed E-state index contributed by atoms with van der Waals surface area (Å²) in [4.78, 5) is 19.1. The minimum atomic E-state index is -0.431. The molecular weight excluding hydrogens is 440 g/mol. The molecule has 1 fully saturated rings. The van der Waals surface area contributed by atoms with Gasteiger partial charge in [0.1, 0.15) is 6.04 Å². The quantitative estimate of drug-likeness (QED) is 0.477. The molecule has 8 nitrogen and oxygen atoms in total. The maximum atomic E-state index is 13.7. The summed E-state index contributed by atoms with van der Waals surface area (Å²) in [7, 11) is 0. The van der Waals surface area contributed by atoms with Gasteiger partial charge in [-0.3, -0.25) is 4.79 Å². The van der Waals surface area contributed by atoms with E-state index in [1.54, 1.807) is 0 Å². The summed E-state index contributed by atoms with van der Waals surface area (Å²) >= 11 is 0. The number of pyridine rings is 1. The van der Waals surface area contributed by atoms with Crippen LogP contribution >= 0.6 is 0 Å². The zero-order chi connectivity index (χ0) is 24.1. The molecule has 6 rings (SSSR count). The maximum Gasteiger partial charge on any atom is 0.254 e. The van der Waals surface area contributed by atoms with Gasteiger partial charge in [0.25, 0.3) is 5.56 Å². The van der Waals surface area contributed by atoms with Gasteiger partial charge in [-0.2, -0.15) is 0 Å². The lowest BCUT2D eigenvalue weighted by molar-refractivity contribution is 0.0924. The number of H-pyrrole nitrogens is 1. The molecule has 0 spiro atoms. The summed E-state index contributed by atoms with van der Waals surface area (Å²) in [5.41, 5.74) is 6.02. The van der Waals surface area contributed by atoms with Crippen molar-refractivity contribution in [2.75, 3.05) is 11.5 Å². The van der Waals surface area contributed by atoms with Crippen molar-refractivity contribution >= 4 is 16.6 Å². The lowest BCUT2D eigenvalue weighted by atomic mass is 10.00. The van der Waals surface area contributed by atoms with Crippen LogP contribution in [-0.2, 0) is 17.7 Å². The largest absolute Gasteiger partial charge is 0.376 e. The highest BCUT2D eigenvalue weighted by Crippen LogP contribution is 2.40. The predicted octanol–water partition coefficient (Wildman–Crippen LogP) is 3.85. The van der Waals surface area contributed by atoms with Crippen molar-refractivity contribution in [3.63, 3.8) is 0 Å². The molecule has 4 heterocycles. The molecule has 0 unspecified atom stereocenters. The lowest BCUT2D eigenvalue weighted by Gasteiger charge is -2.33. The Balaban J connectivity index is 1.55. The first-order valence-electron chi connectivity index (χ1n) is 12.4. The number of hydrogen-bond acceptors (Lipinski definition) is 6. The zero-order valence-electron chi connectivity index (χ0n) is 20.4. The summed E-state index contributed by atoms with van der Waals surface area (Å²) in [6, 6.07) is 14.4. The number of aryl methyl sites for hydroxylation is 2. The van der Waals surface area contributed by atoms with Gasteiger partial charge in [0, 0.05) is 23.9 Å². The molecule has 2 aromatic carbocycles. The maximum absolute atomic E-state index is 13.7. The molecule has 0 saturated carbocycles. The molecular formula is C27H30N6O2. The van der Waals surface area contributed by atoms with E-state index in [1.807, 2.05) is 23.7 Å². The van der Waals surface area contributed by atoms with E-state index in [4.69, 9.17) is 4.74 Å². The minimum Gasteiger partial charge on any atom is -0.376 e. The lowest BCUT2D eigenvalue weighted by Crippen LogP contribution is -2.39. The molecule has 1 N–H and O–H groups in total. The topological polar surface area (TPSA) is 88.9 Å². The SMILES string of the molecule is Cc1cc(C)c2[nH]c(=O)c([C@@H](c3nnnn3C[C@H]3CCCO3)N3c4ccccc4C[C@@H]3C)cc2c1. The van der Waals surface area contributed by atoms with Crippen molar-refractivity contribution < 1.29 is 4.74 Å². The van der Waals surface area contributed by atoms with Gasteiger partial charge in [-0.1, -0.05) is 29.8 Å². The third-order valence-electron chi connectivity index (χ3n) is 7.36. The highest BCUT2D eigenvalue weighted by molar-refractivity contribution is 5.83. The number of hydrogen-bond donors (Lipinski definition) is 1. The number of fused-ring (bicyclic) bond motifs is 2. The van der Waals surface area contributed by atoms with Crippen molar-refractivity contribution in [1.29, 1.82) is 0 Å². The minimum absolute atomic E-state index is 0.0846. The first-order valence-corrected chi connectivity index (χ1v) is 12.4. The smallest absolute Gasteiger partial charge is 0.254 e. The molecule has 0 radical (unpaired) electrons. The summed E-state index contributed by atoms with van der Waals surface area (Å²) in [5, 5.41) is 13.9. The summed E-state index contributed by atoms with van der Waals surface area (Å²) in [6.07, 6.45) is 3.03. The Bertz CT molecular complexity index is 1450. The second-order valence-electron chi connectivity index (χ2n) is 9.95. The van der Waals surface area contributed by atoms with Crippen LogP contribution in [0.15, 0.2) is 47.3 Å². The van der Waals surface area contributed by atoms with Crippen LogP contribution in [0, 0.1) is 13.8 Å². The number of benzene rings is 2.